The molecule has 0 spiro atoms. The monoisotopic (exact) mass is 288 g/mol. The van der Waals surface area contributed by atoms with Crippen LogP contribution in [-0.4, -0.2) is 61.8 Å². The maximum atomic E-state index is 5.46. The predicted octanol–water partition coefficient (Wildman–Crippen LogP) is 2.47. The predicted molar refractivity (Wildman–Crippen MR) is 86.1 cm³/mol. The fourth-order valence-corrected chi connectivity index (χ4v) is 3.20. The molecule has 114 valence electrons. The van der Waals surface area contributed by atoms with E-state index in [4.69, 9.17) is 4.74 Å². The highest BCUT2D eigenvalue weighted by Crippen LogP contribution is 2.13. The van der Waals surface area contributed by atoms with E-state index in [1.165, 1.54) is 24.3 Å². The van der Waals surface area contributed by atoms with Crippen LogP contribution in [0.3, 0.4) is 0 Å². The Morgan fingerprint density at radius 2 is 2.00 bits per heavy atom. The Labute approximate surface area is 123 Å². The Bertz CT molecular complexity index is 208. The first-order valence-electron chi connectivity index (χ1n) is 7.84. The summed E-state index contributed by atoms with van der Waals surface area (Å²) in [5, 5.41) is 3.65. The van der Waals surface area contributed by atoms with Gasteiger partial charge in [-0.1, -0.05) is 20.8 Å². The van der Waals surface area contributed by atoms with Gasteiger partial charge in [-0.25, -0.2) is 0 Å². The largest absolute Gasteiger partial charge is 0.379 e. The molecule has 0 aromatic heterocycles. The highest BCUT2D eigenvalue weighted by atomic mass is 32.2. The van der Waals surface area contributed by atoms with Crippen LogP contribution in [0, 0.1) is 5.92 Å². The Kier molecular flexibility index (Phi) is 9.96. The molecule has 3 nitrogen and oxygen atoms in total. The normalized spacial score (nSPS) is 18.9. The second kappa shape index (κ2) is 11.0. The van der Waals surface area contributed by atoms with Gasteiger partial charge in [0.2, 0.25) is 0 Å². The van der Waals surface area contributed by atoms with Gasteiger partial charge >= 0.3 is 0 Å². The lowest BCUT2D eigenvalue weighted by atomic mass is 10.0. The quantitative estimate of drug-likeness (QED) is 0.624. The zero-order valence-electron chi connectivity index (χ0n) is 13.0. The van der Waals surface area contributed by atoms with Crippen molar-refractivity contribution in [1.29, 1.82) is 0 Å². The summed E-state index contributed by atoms with van der Waals surface area (Å²) in [5.74, 6) is 3.30. The van der Waals surface area contributed by atoms with Crippen molar-refractivity contribution in [2.75, 3.05) is 50.9 Å². The third-order valence-electron chi connectivity index (χ3n) is 3.53. The minimum Gasteiger partial charge on any atom is -0.379 e. The molecule has 0 amide bonds. The fourth-order valence-electron chi connectivity index (χ4n) is 2.56. The number of rotatable bonds is 10. The molecule has 1 heterocycles. The number of nitrogens with zero attached hydrogens (tertiary/aromatic N) is 1. The number of nitrogens with one attached hydrogen (secondary N) is 1. The van der Waals surface area contributed by atoms with E-state index in [1.807, 2.05) is 11.8 Å². The zero-order chi connectivity index (χ0) is 13.9. The van der Waals surface area contributed by atoms with Gasteiger partial charge in [0.15, 0.2) is 0 Å². The summed E-state index contributed by atoms with van der Waals surface area (Å²) in [6, 6.07) is 0.683. The second-order valence-corrected chi connectivity index (χ2v) is 7.08. The summed E-state index contributed by atoms with van der Waals surface area (Å²) in [6.45, 7) is 13.2. The minimum absolute atomic E-state index is 0.683. The lowest BCUT2D eigenvalue weighted by Gasteiger charge is -2.35. The molecule has 0 radical (unpaired) electrons. The van der Waals surface area contributed by atoms with Crippen molar-refractivity contribution >= 4 is 11.8 Å². The third kappa shape index (κ3) is 8.18. The molecule has 1 rings (SSSR count). The molecule has 1 saturated heterocycles. The summed E-state index contributed by atoms with van der Waals surface area (Å²) in [4.78, 5) is 2.61. The van der Waals surface area contributed by atoms with E-state index in [0.717, 1.165) is 45.3 Å². The van der Waals surface area contributed by atoms with Gasteiger partial charge in [-0.3, -0.25) is 4.90 Å². The standard InChI is InChI=1S/C15H32N2OS/c1-4-19-11-5-6-16-13-15(12-14(2)3)17-7-9-18-10-8-17/h14-16H,4-13H2,1-3H3. The average Bonchev–Trinajstić information content (AvgIpc) is 2.42. The third-order valence-corrected chi connectivity index (χ3v) is 4.52. The molecule has 0 saturated carbocycles. The van der Waals surface area contributed by atoms with Gasteiger partial charge < -0.3 is 10.1 Å². The smallest absolute Gasteiger partial charge is 0.0594 e. The lowest BCUT2D eigenvalue weighted by molar-refractivity contribution is 0.0124. The van der Waals surface area contributed by atoms with Crippen molar-refractivity contribution in [3.8, 4) is 0 Å². The van der Waals surface area contributed by atoms with Crippen LogP contribution in [0.4, 0.5) is 0 Å². The van der Waals surface area contributed by atoms with E-state index in [0.29, 0.717) is 6.04 Å². The van der Waals surface area contributed by atoms with Crippen molar-refractivity contribution in [2.45, 2.75) is 39.7 Å². The van der Waals surface area contributed by atoms with E-state index in [2.05, 4.69) is 31.0 Å². The zero-order valence-corrected chi connectivity index (χ0v) is 13.8. The molecule has 19 heavy (non-hydrogen) atoms. The molecule has 1 aliphatic rings. The molecule has 1 aliphatic heterocycles. The molecule has 1 atom stereocenters. The van der Waals surface area contributed by atoms with E-state index in [9.17, 15) is 0 Å². The van der Waals surface area contributed by atoms with Crippen LogP contribution in [0.15, 0.2) is 0 Å². The molecule has 1 fully saturated rings. The average molecular weight is 289 g/mol. The maximum absolute atomic E-state index is 5.46. The number of thioether (sulfide) groups is 1. The Balaban J connectivity index is 2.20. The van der Waals surface area contributed by atoms with Crippen LogP contribution in [0.2, 0.25) is 0 Å². The first-order valence-corrected chi connectivity index (χ1v) is 8.99. The van der Waals surface area contributed by atoms with Crippen LogP contribution in [0.5, 0.6) is 0 Å². The number of morpholine rings is 1. The molecule has 1 N–H and O–H groups in total. The maximum Gasteiger partial charge on any atom is 0.0594 e. The number of hydrogen-bond donors (Lipinski definition) is 1. The van der Waals surface area contributed by atoms with Crippen molar-refractivity contribution in [3.63, 3.8) is 0 Å². The SMILES string of the molecule is CCSCCCNCC(CC(C)C)N1CCOCC1. The highest BCUT2D eigenvalue weighted by Gasteiger charge is 2.21. The fraction of sp³-hybridized carbons (Fsp3) is 1.00. The second-order valence-electron chi connectivity index (χ2n) is 5.69. The summed E-state index contributed by atoms with van der Waals surface area (Å²) < 4.78 is 5.46. The van der Waals surface area contributed by atoms with Crippen LogP contribution in [0.1, 0.15) is 33.6 Å². The molecular weight excluding hydrogens is 256 g/mol. The van der Waals surface area contributed by atoms with E-state index in [-0.39, 0.29) is 0 Å². The molecule has 0 aromatic rings. The summed E-state index contributed by atoms with van der Waals surface area (Å²) in [7, 11) is 0. The molecule has 0 aliphatic carbocycles. The van der Waals surface area contributed by atoms with Crippen LogP contribution >= 0.6 is 11.8 Å². The number of ether oxygens (including phenoxy) is 1. The van der Waals surface area contributed by atoms with E-state index < -0.39 is 0 Å². The number of hydrogen-bond acceptors (Lipinski definition) is 4. The van der Waals surface area contributed by atoms with Gasteiger partial charge in [-0.15, -0.1) is 0 Å². The van der Waals surface area contributed by atoms with Gasteiger partial charge in [-0.05, 0) is 36.8 Å². The summed E-state index contributed by atoms with van der Waals surface area (Å²) >= 11 is 2.04. The van der Waals surface area contributed by atoms with E-state index >= 15 is 0 Å². The van der Waals surface area contributed by atoms with Gasteiger partial charge in [0.1, 0.15) is 0 Å². The molecular formula is C15H32N2OS. The Morgan fingerprint density at radius 3 is 2.63 bits per heavy atom. The van der Waals surface area contributed by atoms with Crippen molar-refractivity contribution < 1.29 is 4.74 Å². The Morgan fingerprint density at radius 1 is 1.26 bits per heavy atom. The van der Waals surface area contributed by atoms with Gasteiger partial charge in [0.25, 0.3) is 0 Å². The summed E-state index contributed by atoms with van der Waals surface area (Å²) in [5.41, 5.74) is 0. The summed E-state index contributed by atoms with van der Waals surface area (Å²) in [6.07, 6.45) is 2.58. The Hall–Kier alpha value is 0.230. The highest BCUT2D eigenvalue weighted by molar-refractivity contribution is 7.99. The topological polar surface area (TPSA) is 24.5 Å². The van der Waals surface area contributed by atoms with Crippen molar-refractivity contribution in [1.82, 2.24) is 10.2 Å². The van der Waals surface area contributed by atoms with Gasteiger partial charge in [0.05, 0.1) is 13.2 Å². The first kappa shape index (κ1) is 17.3. The molecule has 0 bridgehead atoms. The van der Waals surface area contributed by atoms with Crippen LogP contribution < -0.4 is 5.32 Å². The molecule has 0 aromatic carbocycles. The molecule has 1 unspecified atom stereocenters. The van der Waals surface area contributed by atoms with E-state index in [1.54, 1.807) is 0 Å². The van der Waals surface area contributed by atoms with Gasteiger partial charge in [0, 0.05) is 25.7 Å². The van der Waals surface area contributed by atoms with Gasteiger partial charge in [-0.2, -0.15) is 11.8 Å². The van der Waals surface area contributed by atoms with Crippen LogP contribution in [-0.2, 0) is 4.74 Å². The first-order chi connectivity index (χ1) is 9.24. The van der Waals surface area contributed by atoms with Crippen LogP contribution in [0.25, 0.3) is 0 Å². The lowest BCUT2D eigenvalue weighted by Crippen LogP contribution is -2.48. The molecule has 4 heteroatoms. The minimum atomic E-state index is 0.683. The van der Waals surface area contributed by atoms with Crippen molar-refractivity contribution in [3.05, 3.63) is 0 Å². The van der Waals surface area contributed by atoms with Crippen molar-refractivity contribution in [2.24, 2.45) is 5.92 Å².